The molecule has 0 saturated carbocycles. The van der Waals surface area contributed by atoms with Crippen LogP contribution >= 0.6 is 0 Å². The van der Waals surface area contributed by atoms with Crippen molar-refractivity contribution in [2.24, 2.45) is 0 Å². The summed E-state index contributed by atoms with van der Waals surface area (Å²) >= 11 is 0. The second kappa shape index (κ2) is 5.78. The van der Waals surface area contributed by atoms with Gasteiger partial charge in [-0.05, 0) is 36.8 Å². The summed E-state index contributed by atoms with van der Waals surface area (Å²) in [5, 5.41) is 2.74. The fourth-order valence-corrected chi connectivity index (χ4v) is 3.97. The summed E-state index contributed by atoms with van der Waals surface area (Å²) in [7, 11) is 0. The Balaban J connectivity index is 1.86. The Morgan fingerprint density at radius 3 is 2.44 bits per heavy atom. The van der Waals surface area contributed by atoms with E-state index >= 15 is 0 Å². The average Bonchev–Trinajstić information content (AvgIpc) is 3.01. The van der Waals surface area contributed by atoms with Gasteiger partial charge in [-0.25, -0.2) is 0 Å². The van der Waals surface area contributed by atoms with Crippen LogP contribution in [0.15, 0.2) is 77.7 Å². The number of rotatable bonds is 3. The topological polar surface area (TPSA) is 38.5 Å². The number of ketones is 1. The number of Topliss-reactive ketones (excluding diaryl/α,β-unsaturated/α-hetero) is 1. The van der Waals surface area contributed by atoms with E-state index in [-0.39, 0.29) is 11.2 Å². The van der Waals surface area contributed by atoms with Gasteiger partial charge >= 0.3 is 0 Å². The molecule has 0 fully saturated rings. The number of aromatic nitrogens is 1. The van der Waals surface area contributed by atoms with E-state index in [0.29, 0.717) is 12.0 Å². The van der Waals surface area contributed by atoms with E-state index in [1.807, 2.05) is 72.9 Å². The molecule has 0 N–H and O–H groups in total. The first kappa shape index (κ1) is 15.8. The van der Waals surface area contributed by atoms with Crippen LogP contribution in [0.2, 0.25) is 0 Å². The minimum Gasteiger partial charge on any atom is -0.315 e. The highest BCUT2D eigenvalue weighted by Gasteiger charge is 2.16. The molecule has 0 unspecified atom stereocenters. The summed E-state index contributed by atoms with van der Waals surface area (Å²) in [5.41, 5.74) is 4.59. The number of hydrogen-bond donors (Lipinski definition) is 0. The molecule has 2 heterocycles. The summed E-state index contributed by atoms with van der Waals surface area (Å²) in [5.74, 6) is 0.0419. The minimum absolute atomic E-state index is 0.0419. The van der Waals surface area contributed by atoms with E-state index in [0.717, 1.165) is 38.3 Å². The van der Waals surface area contributed by atoms with Gasteiger partial charge in [0.2, 0.25) is 0 Å². The number of nitrogens with zero attached hydrogens (tertiary/aromatic N) is 1. The third-order valence-electron chi connectivity index (χ3n) is 5.29. The van der Waals surface area contributed by atoms with E-state index < -0.39 is 0 Å². The summed E-state index contributed by atoms with van der Waals surface area (Å²) in [6, 6.07) is 21.6. The molecule has 0 bridgehead atoms. The van der Waals surface area contributed by atoms with E-state index in [9.17, 15) is 9.59 Å². The standard InChI is InChI=1S/C24H17NO2/c1-15(26)17-10-11-22-21(13-17)19-8-5-9-20-23(19)25(22)14-18(24(20)27)12-16-6-3-2-4-7-16/h2-11,13-14H,12H2,1H3. The maximum atomic E-state index is 13.1. The number of hydrogen-bond acceptors (Lipinski definition) is 2. The van der Waals surface area contributed by atoms with Crippen molar-refractivity contribution in [1.29, 1.82) is 0 Å². The van der Waals surface area contributed by atoms with E-state index in [2.05, 4.69) is 4.40 Å². The van der Waals surface area contributed by atoms with Gasteiger partial charge in [-0.3, -0.25) is 9.59 Å². The molecule has 0 aliphatic rings. The predicted octanol–water partition coefficient (Wildman–Crippen LogP) is 4.84. The van der Waals surface area contributed by atoms with Crippen LogP contribution in [0, 0.1) is 0 Å². The molecule has 0 atom stereocenters. The first-order chi connectivity index (χ1) is 13.1. The van der Waals surface area contributed by atoms with Gasteiger partial charge in [-0.2, -0.15) is 0 Å². The molecule has 0 spiro atoms. The molecule has 5 rings (SSSR count). The molecular formula is C24H17NO2. The van der Waals surface area contributed by atoms with Crippen molar-refractivity contribution in [2.75, 3.05) is 0 Å². The second-order valence-corrected chi connectivity index (χ2v) is 7.01. The zero-order valence-corrected chi connectivity index (χ0v) is 14.9. The van der Waals surface area contributed by atoms with Crippen molar-refractivity contribution < 1.29 is 4.79 Å². The summed E-state index contributed by atoms with van der Waals surface area (Å²) in [6.07, 6.45) is 2.56. The Bertz CT molecular complexity index is 1380. The molecule has 3 nitrogen and oxygen atoms in total. The predicted molar refractivity (Wildman–Crippen MR) is 109 cm³/mol. The van der Waals surface area contributed by atoms with E-state index in [4.69, 9.17) is 0 Å². The van der Waals surface area contributed by atoms with Crippen molar-refractivity contribution in [3.05, 3.63) is 99.8 Å². The van der Waals surface area contributed by atoms with Crippen molar-refractivity contribution >= 4 is 33.0 Å². The first-order valence-corrected chi connectivity index (χ1v) is 9.00. The Labute approximate surface area is 155 Å². The van der Waals surface area contributed by atoms with Gasteiger partial charge in [0.05, 0.1) is 11.0 Å². The monoisotopic (exact) mass is 351 g/mol. The zero-order valence-electron chi connectivity index (χ0n) is 14.9. The van der Waals surface area contributed by atoms with E-state index in [1.54, 1.807) is 6.92 Å². The molecular weight excluding hydrogens is 334 g/mol. The van der Waals surface area contributed by atoms with Crippen LogP contribution in [-0.2, 0) is 6.42 Å². The molecule has 27 heavy (non-hydrogen) atoms. The SMILES string of the molecule is CC(=O)c1ccc2c(c1)c1cccc3c(=O)c(Cc4ccccc4)cn2c31. The van der Waals surface area contributed by atoms with Gasteiger partial charge in [0, 0.05) is 39.9 Å². The maximum Gasteiger partial charge on any atom is 0.192 e. The third-order valence-corrected chi connectivity index (χ3v) is 5.29. The van der Waals surface area contributed by atoms with Gasteiger partial charge in [0.15, 0.2) is 11.2 Å². The summed E-state index contributed by atoms with van der Waals surface area (Å²) in [4.78, 5) is 24.9. The lowest BCUT2D eigenvalue weighted by Crippen LogP contribution is -2.12. The highest BCUT2D eigenvalue weighted by molar-refractivity contribution is 6.15. The largest absolute Gasteiger partial charge is 0.315 e. The molecule has 0 saturated heterocycles. The fourth-order valence-electron chi connectivity index (χ4n) is 3.97. The molecule has 0 aliphatic heterocycles. The Hall–Kier alpha value is -3.46. The van der Waals surface area contributed by atoms with Crippen molar-refractivity contribution in [3.8, 4) is 0 Å². The lowest BCUT2D eigenvalue weighted by molar-refractivity contribution is 0.101. The molecule has 0 radical (unpaired) electrons. The van der Waals surface area contributed by atoms with E-state index in [1.165, 1.54) is 0 Å². The van der Waals surface area contributed by atoms with Crippen LogP contribution in [0.5, 0.6) is 0 Å². The van der Waals surface area contributed by atoms with Gasteiger partial charge < -0.3 is 4.40 Å². The average molecular weight is 351 g/mol. The Morgan fingerprint density at radius 2 is 1.67 bits per heavy atom. The Kier molecular flexibility index (Phi) is 3.37. The number of pyridine rings is 1. The quantitative estimate of drug-likeness (QED) is 0.436. The zero-order chi connectivity index (χ0) is 18.5. The highest BCUT2D eigenvalue weighted by atomic mass is 16.1. The number of benzene rings is 3. The van der Waals surface area contributed by atoms with Crippen molar-refractivity contribution in [1.82, 2.24) is 4.40 Å². The molecule has 0 amide bonds. The van der Waals surface area contributed by atoms with Crippen LogP contribution in [-0.4, -0.2) is 10.2 Å². The number of carbonyl (C=O) groups is 1. The summed E-state index contributed by atoms with van der Waals surface area (Å²) in [6.45, 7) is 1.57. The van der Waals surface area contributed by atoms with Crippen LogP contribution < -0.4 is 5.43 Å². The second-order valence-electron chi connectivity index (χ2n) is 7.01. The van der Waals surface area contributed by atoms with Crippen LogP contribution in [0.25, 0.3) is 27.2 Å². The minimum atomic E-state index is 0.0419. The normalized spacial score (nSPS) is 11.6. The van der Waals surface area contributed by atoms with Crippen molar-refractivity contribution in [3.63, 3.8) is 0 Å². The number of para-hydroxylation sites is 1. The van der Waals surface area contributed by atoms with Gasteiger partial charge in [-0.1, -0.05) is 42.5 Å². The molecule has 5 aromatic rings. The Morgan fingerprint density at radius 1 is 0.889 bits per heavy atom. The first-order valence-electron chi connectivity index (χ1n) is 9.00. The molecule has 2 aromatic heterocycles. The maximum absolute atomic E-state index is 13.1. The number of carbonyl (C=O) groups excluding carboxylic acids is 1. The molecule has 130 valence electrons. The number of fused-ring (bicyclic) bond motifs is 3. The molecule has 0 aliphatic carbocycles. The van der Waals surface area contributed by atoms with Crippen LogP contribution in [0.4, 0.5) is 0 Å². The van der Waals surface area contributed by atoms with Gasteiger partial charge in [0.25, 0.3) is 0 Å². The smallest absolute Gasteiger partial charge is 0.192 e. The lowest BCUT2D eigenvalue weighted by atomic mass is 10.0. The lowest BCUT2D eigenvalue weighted by Gasteiger charge is -2.06. The molecule has 3 aromatic carbocycles. The highest BCUT2D eigenvalue weighted by Crippen LogP contribution is 2.32. The summed E-state index contributed by atoms with van der Waals surface area (Å²) < 4.78 is 2.10. The van der Waals surface area contributed by atoms with Gasteiger partial charge in [0.1, 0.15) is 0 Å². The van der Waals surface area contributed by atoms with Crippen molar-refractivity contribution in [2.45, 2.75) is 13.3 Å². The molecule has 3 heteroatoms. The van der Waals surface area contributed by atoms with Crippen LogP contribution in [0.1, 0.15) is 28.4 Å². The third kappa shape index (κ3) is 2.36. The van der Waals surface area contributed by atoms with Crippen LogP contribution in [0.3, 0.4) is 0 Å². The van der Waals surface area contributed by atoms with Gasteiger partial charge in [-0.15, -0.1) is 0 Å². The fraction of sp³-hybridized carbons (Fsp3) is 0.0833.